The summed E-state index contributed by atoms with van der Waals surface area (Å²) in [4.78, 5) is 7.42. The molecule has 1 unspecified atom stereocenters. The Bertz CT molecular complexity index is 497. The van der Waals surface area contributed by atoms with Crippen LogP contribution in [0, 0.1) is 0 Å². The molecule has 0 spiro atoms. The van der Waals surface area contributed by atoms with Crippen molar-refractivity contribution in [3.63, 3.8) is 0 Å². The maximum Gasteiger partial charge on any atom is 0.123 e. The molecule has 3 nitrogen and oxygen atoms in total. The van der Waals surface area contributed by atoms with Crippen molar-refractivity contribution >= 4 is 23.2 Å². The zero-order chi connectivity index (χ0) is 13.0. The number of rotatable bonds is 5. The summed E-state index contributed by atoms with van der Waals surface area (Å²) in [6.45, 7) is 2.94. The first-order chi connectivity index (χ1) is 8.70. The van der Waals surface area contributed by atoms with E-state index in [9.17, 15) is 0 Å². The molecule has 0 fully saturated rings. The first-order valence-electron chi connectivity index (χ1n) is 5.87. The Balaban J connectivity index is 2.18. The molecule has 1 heterocycles. The Morgan fingerprint density at radius 2 is 2.22 bits per heavy atom. The number of hydrogen-bond donors (Lipinski definition) is 2. The van der Waals surface area contributed by atoms with E-state index in [0.717, 1.165) is 24.4 Å². The largest absolute Gasteiger partial charge is 0.347 e. The molecule has 2 aromatic rings. The van der Waals surface area contributed by atoms with Gasteiger partial charge in [-0.15, -0.1) is 0 Å². The summed E-state index contributed by atoms with van der Waals surface area (Å²) in [5.74, 6) is 0.919. The number of aromatic nitrogens is 2. The van der Waals surface area contributed by atoms with E-state index in [-0.39, 0.29) is 6.04 Å². The fourth-order valence-corrected chi connectivity index (χ4v) is 2.37. The molecule has 1 atom stereocenters. The van der Waals surface area contributed by atoms with Crippen molar-refractivity contribution in [3.05, 3.63) is 52.0 Å². The van der Waals surface area contributed by atoms with Gasteiger partial charge in [0.15, 0.2) is 0 Å². The topological polar surface area (TPSA) is 40.7 Å². The standard InChI is InChI=1S/C13H15Cl2N3/c1-2-16-12(13-17-5-6-18-13)7-9-3-4-10(14)8-11(9)15/h3-6,8,12,16H,2,7H2,1H3,(H,17,18). The van der Waals surface area contributed by atoms with Gasteiger partial charge in [0.05, 0.1) is 6.04 Å². The summed E-state index contributed by atoms with van der Waals surface area (Å²) in [5, 5.41) is 4.74. The molecule has 0 aliphatic heterocycles. The van der Waals surface area contributed by atoms with E-state index in [2.05, 4.69) is 22.2 Å². The van der Waals surface area contributed by atoms with E-state index >= 15 is 0 Å². The van der Waals surface area contributed by atoms with Crippen LogP contribution < -0.4 is 5.32 Å². The van der Waals surface area contributed by atoms with Crippen molar-refractivity contribution in [2.45, 2.75) is 19.4 Å². The third-order valence-electron chi connectivity index (χ3n) is 2.74. The van der Waals surface area contributed by atoms with E-state index < -0.39 is 0 Å². The van der Waals surface area contributed by atoms with Gasteiger partial charge in [-0.25, -0.2) is 4.98 Å². The van der Waals surface area contributed by atoms with Crippen LogP contribution >= 0.6 is 23.2 Å². The Morgan fingerprint density at radius 3 is 2.83 bits per heavy atom. The van der Waals surface area contributed by atoms with Crippen LogP contribution in [0.25, 0.3) is 0 Å². The Labute approximate surface area is 117 Å². The van der Waals surface area contributed by atoms with Gasteiger partial charge in [0, 0.05) is 22.4 Å². The second-order valence-electron chi connectivity index (χ2n) is 4.02. The fraction of sp³-hybridized carbons (Fsp3) is 0.308. The fourth-order valence-electron chi connectivity index (χ4n) is 1.89. The van der Waals surface area contributed by atoms with E-state index in [0.29, 0.717) is 10.0 Å². The van der Waals surface area contributed by atoms with Gasteiger partial charge >= 0.3 is 0 Å². The minimum Gasteiger partial charge on any atom is -0.347 e. The van der Waals surface area contributed by atoms with Gasteiger partial charge in [-0.3, -0.25) is 0 Å². The molecule has 0 amide bonds. The van der Waals surface area contributed by atoms with Crippen molar-refractivity contribution in [1.82, 2.24) is 15.3 Å². The Kier molecular flexibility index (Phi) is 4.64. The van der Waals surface area contributed by atoms with Crippen LogP contribution in [0.2, 0.25) is 10.0 Å². The monoisotopic (exact) mass is 283 g/mol. The zero-order valence-corrected chi connectivity index (χ0v) is 11.6. The molecule has 96 valence electrons. The number of aromatic amines is 1. The molecule has 1 aromatic carbocycles. The molecular weight excluding hydrogens is 269 g/mol. The number of H-pyrrole nitrogens is 1. The summed E-state index contributed by atoms with van der Waals surface area (Å²) in [5.41, 5.74) is 1.06. The van der Waals surface area contributed by atoms with Crippen molar-refractivity contribution in [1.29, 1.82) is 0 Å². The summed E-state index contributed by atoms with van der Waals surface area (Å²) < 4.78 is 0. The highest BCUT2D eigenvalue weighted by Gasteiger charge is 2.15. The highest BCUT2D eigenvalue weighted by molar-refractivity contribution is 6.35. The summed E-state index contributed by atoms with van der Waals surface area (Å²) >= 11 is 12.1. The van der Waals surface area contributed by atoms with Crippen molar-refractivity contribution in [2.75, 3.05) is 6.54 Å². The van der Waals surface area contributed by atoms with Gasteiger partial charge in [0.1, 0.15) is 5.82 Å². The molecule has 18 heavy (non-hydrogen) atoms. The number of benzene rings is 1. The second kappa shape index (κ2) is 6.23. The van der Waals surface area contributed by atoms with Crippen molar-refractivity contribution < 1.29 is 0 Å². The lowest BCUT2D eigenvalue weighted by Gasteiger charge is -2.16. The van der Waals surface area contributed by atoms with Crippen LogP contribution in [0.3, 0.4) is 0 Å². The highest BCUT2D eigenvalue weighted by atomic mass is 35.5. The van der Waals surface area contributed by atoms with Gasteiger partial charge in [-0.05, 0) is 30.7 Å². The molecule has 0 saturated heterocycles. The molecule has 1 aromatic heterocycles. The molecule has 0 aliphatic carbocycles. The molecular formula is C13H15Cl2N3. The first kappa shape index (κ1) is 13.4. The highest BCUT2D eigenvalue weighted by Crippen LogP contribution is 2.25. The Hall–Kier alpha value is -1.03. The number of hydrogen-bond acceptors (Lipinski definition) is 2. The van der Waals surface area contributed by atoms with Gasteiger partial charge in [0.25, 0.3) is 0 Å². The van der Waals surface area contributed by atoms with Gasteiger partial charge in [-0.1, -0.05) is 36.2 Å². The summed E-state index contributed by atoms with van der Waals surface area (Å²) in [6, 6.07) is 5.71. The predicted octanol–water partition coefficient (Wildman–Crippen LogP) is 3.61. The van der Waals surface area contributed by atoms with Crippen LogP contribution in [0.1, 0.15) is 24.4 Å². The molecule has 0 radical (unpaired) electrons. The first-order valence-corrected chi connectivity index (χ1v) is 6.63. The number of nitrogens with zero attached hydrogens (tertiary/aromatic N) is 1. The minimum atomic E-state index is 0.128. The third-order valence-corrected chi connectivity index (χ3v) is 3.33. The van der Waals surface area contributed by atoms with E-state index in [1.54, 1.807) is 12.3 Å². The van der Waals surface area contributed by atoms with Gasteiger partial charge < -0.3 is 10.3 Å². The average Bonchev–Trinajstić information content (AvgIpc) is 2.85. The lowest BCUT2D eigenvalue weighted by molar-refractivity contribution is 0.526. The molecule has 0 saturated carbocycles. The summed E-state index contributed by atoms with van der Waals surface area (Å²) in [6.07, 6.45) is 4.35. The number of nitrogens with one attached hydrogen (secondary N) is 2. The number of imidazole rings is 1. The van der Waals surface area contributed by atoms with E-state index in [1.807, 2.05) is 18.3 Å². The second-order valence-corrected chi connectivity index (χ2v) is 4.87. The van der Waals surface area contributed by atoms with Gasteiger partial charge in [0.2, 0.25) is 0 Å². The normalized spacial score (nSPS) is 12.6. The molecule has 5 heteroatoms. The van der Waals surface area contributed by atoms with Gasteiger partial charge in [-0.2, -0.15) is 0 Å². The maximum atomic E-state index is 6.19. The molecule has 2 N–H and O–H groups in total. The molecule has 0 aliphatic rings. The van der Waals surface area contributed by atoms with Crippen LogP contribution in [-0.4, -0.2) is 16.5 Å². The Morgan fingerprint density at radius 1 is 1.39 bits per heavy atom. The smallest absolute Gasteiger partial charge is 0.123 e. The minimum absolute atomic E-state index is 0.128. The van der Waals surface area contributed by atoms with Crippen LogP contribution in [0.5, 0.6) is 0 Å². The average molecular weight is 284 g/mol. The van der Waals surface area contributed by atoms with Crippen molar-refractivity contribution in [3.8, 4) is 0 Å². The predicted molar refractivity (Wildman–Crippen MR) is 75.2 cm³/mol. The maximum absolute atomic E-state index is 6.19. The molecule has 2 rings (SSSR count). The van der Waals surface area contributed by atoms with Crippen LogP contribution in [0.4, 0.5) is 0 Å². The van der Waals surface area contributed by atoms with Crippen LogP contribution in [-0.2, 0) is 6.42 Å². The number of likely N-dealkylation sites (N-methyl/N-ethyl adjacent to an activating group) is 1. The summed E-state index contributed by atoms with van der Waals surface area (Å²) in [7, 11) is 0. The van der Waals surface area contributed by atoms with E-state index in [4.69, 9.17) is 23.2 Å². The lowest BCUT2D eigenvalue weighted by Crippen LogP contribution is -2.24. The zero-order valence-electron chi connectivity index (χ0n) is 10.1. The van der Waals surface area contributed by atoms with Crippen LogP contribution in [0.15, 0.2) is 30.6 Å². The van der Waals surface area contributed by atoms with Crippen molar-refractivity contribution in [2.24, 2.45) is 0 Å². The quantitative estimate of drug-likeness (QED) is 0.880. The molecule has 0 bridgehead atoms. The lowest BCUT2D eigenvalue weighted by atomic mass is 10.1. The third kappa shape index (κ3) is 3.25. The number of halogens is 2. The van der Waals surface area contributed by atoms with E-state index in [1.165, 1.54) is 0 Å². The SMILES string of the molecule is CCNC(Cc1ccc(Cl)cc1Cl)c1ncc[nH]1.